The minimum absolute atomic E-state index is 0.720. The molecule has 3 heteroatoms. The van der Waals surface area contributed by atoms with Crippen molar-refractivity contribution in [1.82, 2.24) is 0 Å². The zero-order valence-electron chi connectivity index (χ0n) is 8.97. The summed E-state index contributed by atoms with van der Waals surface area (Å²) in [6, 6.07) is 5.85. The molecule has 1 aromatic rings. The van der Waals surface area contributed by atoms with Crippen LogP contribution in [0.1, 0.15) is 37.1 Å². The number of unbranched alkanes of at least 4 members (excludes halogenated alkanes) is 1. The van der Waals surface area contributed by atoms with E-state index in [9.17, 15) is 4.39 Å². The van der Waals surface area contributed by atoms with Gasteiger partial charge in [-0.2, -0.15) is 0 Å². The Hall–Kier alpha value is -0.410. The van der Waals surface area contributed by atoms with Crippen LogP contribution < -0.4 is 5.73 Å². The minimum Gasteiger partial charge on any atom is -0.330 e. The van der Waals surface area contributed by atoms with Crippen molar-refractivity contribution in [2.75, 3.05) is 6.54 Å². The van der Waals surface area contributed by atoms with Gasteiger partial charge >= 0.3 is 0 Å². The van der Waals surface area contributed by atoms with E-state index < -0.39 is 6.17 Å². The van der Waals surface area contributed by atoms with E-state index in [0.29, 0.717) is 0 Å². The van der Waals surface area contributed by atoms with Crippen LogP contribution in [0.15, 0.2) is 22.7 Å². The SMILES string of the molecule is CC(F)c1ccc(CCCCN)cc1Br. The lowest BCUT2D eigenvalue weighted by Crippen LogP contribution is -1.99. The van der Waals surface area contributed by atoms with Gasteiger partial charge in [0.1, 0.15) is 6.17 Å². The smallest absolute Gasteiger partial charge is 0.123 e. The second-order valence-corrected chi connectivity index (χ2v) is 4.57. The second-order valence-electron chi connectivity index (χ2n) is 3.72. The fourth-order valence-electron chi connectivity index (χ4n) is 1.52. The van der Waals surface area contributed by atoms with Crippen LogP contribution in [-0.4, -0.2) is 6.54 Å². The van der Waals surface area contributed by atoms with Crippen LogP contribution in [-0.2, 0) is 6.42 Å². The topological polar surface area (TPSA) is 26.0 Å². The van der Waals surface area contributed by atoms with Gasteiger partial charge in [-0.15, -0.1) is 0 Å². The summed E-state index contributed by atoms with van der Waals surface area (Å²) < 4.78 is 13.9. The maximum Gasteiger partial charge on any atom is 0.123 e. The molecule has 1 atom stereocenters. The molecule has 1 aromatic carbocycles. The van der Waals surface area contributed by atoms with Crippen molar-refractivity contribution in [1.29, 1.82) is 0 Å². The molecule has 0 aliphatic heterocycles. The molecule has 0 saturated carbocycles. The first-order valence-electron chi connectivity index (χ1n) is 5.27. The Morgan fingerprint density at radius 2 is 2.13 bits per heavy atom. The van der Waals surface area contributed by atoms with E-state index >= 15 is 0 Å². The number of hydrogen-bond acceptors (Lipinski definition) is 1. The van der Waals surface area contributed by atoms with Gasteiger partial charge in [0.25, 0.3) is 0 Å². The average molecular weight is 274 g/mol. The van der Waals surface area contributed by atoms with Crippen molar-refractivity contribution < 1.29 is 4.39 Å². The third-order valence-electron chi connectivity index (χ3n) is 2.41. The molecular formula is C12H17BrFN. The van der Waals surface area contributed by atoms with Crippen molar-refractivity contribution in [3.05, 3.63) is 33.8 Å². The number of alkyl halides is 1. The van der Waals surface area contributed by atoms with E-state index in [1.165, 1.54) is 5.56 Å². The lowest BCUT2D eigenvalue weighted by atomic mass is 10.0. The molecule has 0 saturated heterocycles. The van der Waals surface area contributed by atoms with E-state index in [0.717, 1.165) is 35.8 Å². The van der Waals surface area contributed by atoms with Gasteiger partial charge in [0.15, 0.2) is 0 Å². The van der Waals surface area contributed by atoms with Gasteiger partial charge in [-0.25, -0.2) is 4.39 Å². The lowest BCUT2D eigenvalue weighted by Gasteiger charge is -2.08. The van der Waals surface area contributed by atoms with Crippen LogP contribution in [0.5, 0.6) is 0 Å². The van der Waals surface area contributed by atoms with Gasteiger partial charge in [0, 0.05) is 4.47 Å². The Kier molecular flexibility index (Phi) is 5.26. The summed E-state index contributed by atoms with van der Waals surface area (Å²) in [6.07, 6.45) is 2.22. The highest BCUT2D eigenvalue weighted by Gasteiger charge is 2.07. The molecule has 0 aliphatic rings. The molecule has 0 bridgehead atoms. The minimum atomic E-state index is -0.919. The first-order chi connectivity index (χ1) is 7.15. The third-order valence-corrected chi connectivity index (χ3v) is 3.10. The number of halogens is 2. The fraction of sp³-hybridized carbons (Fsp3) is 0.500. The zero-order chi connectivity index (χ0) is 11.3. The maximum absolute atomic E-state index is 13.1. The first-order valence-corrected chi connectivity index (χ1v) is 6.07. The third kappa shape index (κ3) is 3.92. The van der Waals surface area contributed by atoms with Gasteiger partial charge in [-0.1, -0.05) is 28.1 Å². The predicted molar refractivity (Wildman–Crippen MR) is 65.7 cm³/mol. The van der Waals surface area contributed by atoms with Crippen molar-refractivity contribution in [3.8, 4) is 0 Å². The number of rotatable bonds is 5. The van der Waals surface area contributed by atoms with Crippen molar-refractivity contribution in [2.45, 2.75) is 32.4 Å². The highest BCUT2D eigenvalue weighted by molar-refractivity contribution is 9.10. The molecule has 0 heterocycles. The molecule has 1 nitrogen and oxygen atoms in total. The summed E-state index contributed by atoms with van der Waals surface area (Å²) in [5.74, 6) is 0. The van der Waals surface area contributed by atoms with Crippen LogP contribution in [0.2, 0.25) is 0 Å². The Bertz CT molecular complexity index is 312. The van der Waals surface area contributed by atoms with Crippen LogP contribution in [0.4, 0.5) is 4.39 Å². The van der Waals surface area contributed by atoms with Gasteiger partial charge < -0.3 is 5.73 Å². The number of aryl methyl sites for hydroxylation is 1. The standard InChI is InChI=1S/C12H17BrFN/c1-9(14)11-6-5-10(8-12(11)13)4-2-3-7-15/h5-6,8-9H,2-4,7,15H2,1H3. The van der Waals surface area contributed by atoms with Gasteiger partial charge in [0.2, 0.25) is 0 Å². The molecule has 1 unspecified atom stereocenters. The summed E-state index contributed by atoms with van der Waals surface area (Å²) in [5, 5.41) is 0. The Morgan fingerprint density at radius 3 is 2.67 bits per heavy atom. The molecule has 1 rings (SSSR count). The maximum atomic E-state index is 13.1. The Morgan fingerprint density at radius 1 is 1.40 bits per heavy atom. The molecular weight excluding hydrogens is 257 g/mol. The summed E-state index contributed by atoms with van der Waals surface area (Å²) in [7, 11) is 0. The molecule has 0 aromatic heterocycles. The summed E-state index contributed by atoms with van der Waals surface area (Å²) in [6.45, 7) is 2.29. The Balaban J connectivity index is 2.65. The normalized spacial score (nSPS) is 12.8. The summed E-state index contributed by atoms with van der Waals surface area (Å²) in [5.41, 5.74) is 7.38. The fourth-order valence-corrected chi connectivity index (χ4v) is 2.26. The van der Waals surface area contributed by atoms with E-state index in [1.807, 2.05) is 18.2 Å². The molecule has 0 fully saturated rings. The molecule has 0 aliphatic carbocycles. The average Bonchev–Trinajstić information content (AvgIpc) is 2.17. The van der Waals surface area contributed by atoms with Crippen LogP contribution in [0.25, 0.3) is 0 Å². The van der Waals surface area contributed by atoms with Crippen LogP contribution in [0.3, 0.4) is 0 Å². The number of benzene rings is 1. The molecule has 2 N–H and O–H groups in total. The van der Waals surface area contributed by atoms with Gasteiger partial charge in [-0.3, -0.25) is 0 Å². The predicted octanol–water partition coefficient (Wildman–Crippen LogP) is 3.76. The van der Waals surface area contributed by atoms with Crippen LogP contribution >= 0.6 is 15.9 Å². The highest BCUT2D eigenvalue weighted by Crippen LogP contribution is 2.27. The van der Waals surface area contributed by atoms with Crippen molar-refractivity contribution in [3.63, 3.8) is 0 Å². The van der Waals surface area contributed by atoms with E-state index in [-0.39, 0.29) is 0 Å². The van der Waals surface area contributed by atoms with Crippen LogP contribution in [0, 0.1) is 0 Å². The highest BCUT2D eigenvalue weighted by atomic mass is 79.9. The second kappa shape index (κ2) is 6.23. The van der Waals surface area contributed by atoms with Gasteiger partial charge in [0.05, 0.1) is 0 Å². The van der Waals surface area contributed by atoms with Gasteiger partial charge in [-0.05, 0) is 49.9 Å². The molecule has 0 spiro atoms. The lowest BCUT2D eigenvalue weighted by molar-refractivity contribution is 0.373. The molecule has 15 heavy (non-hydrogen) atoms. The first kappa shape index (κ1) is 12.7. The zero-order valence-corrected chi connectivity index (χ0v) is 10.6. The quantitative estimate of drug-likeness (QED) is 0.813. The Labute approximate surface area is 99.0 Å². The van der Waals surface area contributed by atoms with E-state index in [1.54, 1.807) is 6.92 Å². The molecule has 84 valence electrons. The summed E-state index contributed by atoms with van der Waals surface area (Å²) >= 11 is 3.39. The molecule has 0 radical (unpaired) electrons. The van der Waals surface area contributed by atoms with Crippen molar-refractivity contribution in [2.24, 2.45) is 5.73 Å². The number of nitrogens with two attached hydrogens (primary N) is 1. The monoisotopic (exact) mass is 273 g/mol. The summed E-state index contributed by atoms with van der Waals surface area (Å²) in [4.78, 5) is 0. The largest absolute Gasteiger partial charge is 0.330 e. The van der Waals surface area contributed by atoms with E-state index in [4.69, 9.17) is 5.73 Å². The van der Waals surface area contributed by atoms with E-state index in [2.05, 4.69) is 15.9 Å². The number of hydrogen-bond donors (Lipinski definition) is 1. The van der Waals surface area contributed by atoms with Crippen molar-refractivity contribution >= 4 is 15.9 Å². The molecule has 0 amide bonds.